The van der Waals surface area contributed by atoms with E-state index >= 15 is 0 Å². The summed E-state index contributed by atoms with van der Waals surface area (Å²) in [6.07, 6.45) is -0.751. The molecule has 1 saturated heterocycles. The third kappa shape index (κ3) is 2.77. The van der Waals surface area contributed by atoms with Gasteiger partial charge < -0.3 is 19.3 Å². The van der Waals surface area contributed by atoms with Crippen LogP contribution in [0.2, 0.25) is 0 Å². The highest BCUT2D eigenvalue weighted by atomic mass is 16.5. The SMILES string of the molecule is CCO[C@H]1CN(C(=O)Cc2noc3ccccc23)C[C@@H]1O. The van der Waals surface area contributed by atoms with Gasteiger partial charge in [0.05, 0.1) is 12.5 Å². The maximum Gasteiger partial charge on any atom is 0.228 e. The van der Waals surface area contributed by atoms with Crippen molar-refractivity contribution in [1.82, 2.24) is 10.1 Å². The number of para-hydroxylation sites is 1. The lowest BCUT2D eigenvalue weighted by molar-refractivity contribution is -0.130. The highest BCUT2D eigenvalue weighted by Gasteiger charge is 2.34. The summed E-state index contributed by atoms with van der Waals surface area (Å²) in [5.41, 5.74) is 1.30. The van der Waals surface area contributed by atoms with Crippen LogP contribution in [-0.2, 0) is 16.0 Å². The van der Waals surface area contributed by atoms with E-state index in [4.69, 9.17) is 9.26 Å². The first-order chi connectivity index (χ1) is 10.2. The molecule has 6 nitrogen and oxygen atoms in total. The molecule has 1 fully saturated rings. The van der Waals surface area contributed by atoms with Crippen molar-refractivity contribution in [3.8, 4) is 0 Å². The van der Waals surface area contributed by atoms with Crippen LogP contribution in [0.5, 0.6) is 0 Å². The van der Waals surface area contributed by atoms with Gasteiger partial charge in [-0.3, -0.25) is 4.79 Å². The topological polar surface area (TPSA) is 75.8 Å². The maximum absolute atomic E-state index is 12.3. The van der Waals surface area contributed by atoms with Gasteiger partial charge in [-0.15, -0.1) is 0 Å². The fourth-order valence-corrected chi connectivity index (χ4v) is 2.66. The van der Waals surface area contributed by atoms with Gasteiger partial charge in [-0.05, 0) is 19.1 Å². The largest absolute Gasteiger partial charge is 0.388 e. The molecule has 2 atom stereocenters. The predicted molar refractivity (Wildman–Crippen MR) is 75.7 cm³/mol. The maximum atomic E-state index is 12.3. The average Bonchev–Trinajstić information content (AvgIpc) is 3.05. The molecule has 1 amide bonds. The van der Waals surface area contributed by atoms with E-state index in [9.17, 15) is 9.90 Å². The molecule has 0 radical (unpaired) electrons. The molecule has 2 aromatic rings. The Labute approximate surface area is 122 Å². The second-order valence-corrected chi connectivity index (χ2v) is 5.16. The predicted octanol–water partition coefficient (Wildman–Crippen LogP) is 0.978. The second kappa shape index (κ2) is 5.83. The number of β-amino-alcohol motifs (C(OH)–C–C–N with tert-alkyl or cyclic N) is 1. The first kappa shape index (κ1) is 14.0. The van der Waals surface area contributed by atoms with E-state index in [1.165, 1.54) is 0 Å². The number of hydrogen-bond acceptors (Lipinski definition) is 5. The molecule has 0 unspecified atom stereocenters. The number of nitrogens with zero attached hydrogens (tertiary/aromatic N) is 2. The number of benzene rings is 1. The van der Waals surface area contributed by atoms with Gasteiger partial charge in [0.2, 0.25) is 5.91 Å². The molecule has 0 saturated carbocycles. The highest BCUT2D eigenvalue weighted by molar-refractivity contribution is 5.86. The van der Waals surface area contributed by atoms with Gasteiger partial charge in [0.15, 0.2) is 5.58 Å². The monoisotopic (exact) mass is 290 g/mol. The van der Waals surface area contributed by atoms with Crippen LogP contribution in [0.1, 0.15) is 12.6 Å². The molecule has 1 aliphatic rings. The van der Waals surface area contributed by atoms with Crippen LogP contribution in [0.15, 0.2) is 28.8 Å². The Balaban J connectivity index is 1.69. The summed E-state index contributed by atoms with van der Waals surface area (Å²) in [5.74, 6) is -0.0738. The first-order valence-electron chi connectivity index (χ1n) is 7.09. The number of aliphatic hydroxyl groups is 1. The van der Waals surface area contributed by atoms with E-state index in [-0.39, 0.29) is 18.4 Å². The Hall–Kier alpha value is -1.92. The van der Waals surface area contributed by atoms with Crippen molar-refractivity contribution >= 4 is 16.9 Å². The average molecular weight is 290 g/mol. The molecule has 1 aromatic heterocycles. The smallest absolute Gasteiger partial charge is 0.228 e. The van der Waals surface area contributed by atoms with Crippen LogP contribution in [0.4, 0.5) is 0 Å². The van der Waals surface area contributed by atoms with E-state index in [0.717, 1.165) is 5.39 Å². The van der Waals surface area contributed by atoms with Gasteiger partial charge >= 0.3 is 0 Å². The van der Waals surface area contributed by atoms with Gasteiger partial charge in [0.1, 0.15) is 11.8 Å². The number of amides is 1. The van der Waals surface area contributed by atoms with Gasteiger partial charge in [-0.25, -0.2) is 0 Å². The van der Waals surface area contributed by atoms with Gasteiger partial charge in [-0.1, -0.05) is 17.3 Å². The van der Waals surface area contributed by atoms with Gasteiger partial charge in [0, 0.05) is 25.1 Å². The van der Waals surface area contributed by atoms with Gasteiger partial charge in [0.25, 0.3) is 0 Å². The minimum Gasteiger partial charge on any atom is -0.388 e. The molecule has 0 aliphatic carbocycles. The lowest BCUT2D eigenvalue weighted by atomic mass is 10.1. The van der Waals surface area contributed by atoms with Crippen molar-refractivity contribution in [3.05, 3.63) is 30.0 Å². The number of likely N-dealkylation sites (tertiary alicyclic amines) is 1. The van der Waals surface area contributed by atoms with E-state index in [1.807, 2.05) is 31.2 Å². The number of aliphatic hydroxyl groups excluding tert-OH is 1. The zero-order valence-electron chi connectivity index (χ0n) is 11.9. The number of carbonyl (C=O) groups is 1. The number of hydrogen-bond donors (Lipinski definition) is 1. The second-order valence-electron chi connectivity index (χ2n) is 5.16. The zero-order chi connectivity index (χ0) is 14.8. The third-order valence-electron chi connectivity index (χ3n) is 3.74. The summed E-state index contributed by atoms with van der Waals surface area (Å²) in [5, 5.41) is 14.7. The van der Waals surface area contributed by atoms with Crippen molar-refractivity contribution in [2.45, 2.75) is 25.6 Å². The molecule has 3 rings (SSSR count). The van der Waals surface area contributed by atoms with Crippen molar-refractivity contribution in [3.63, 3.8) is 0 Å². The standard InChI is InChI=1S/C15H18N2O4/c1-2-20-14-9-17(8-12(14)18)15(19)7-11-10-5-3-4-6-13(10)21-16-11/h3-6,12,14,18H,2,7-9H2,1H3/t12-,14-/m0/s1. The molecule has 1 aliphatic heterocycles. The van der Waals surface area contributed by atoms with Crippen molar-refractivity contribution < 1.29 is 19.2 Å². The molecular formula is C15H18N2O4. The lowest BCUT2D eigenvalue weighted by Crippen LogP contribution is -2.31. The minimum absolute atomic E-state index is 0.0738. The molecule has 0 spiro atoms. The molecule has 21 heavy (non-hydrogen) atoms. The molecular weight excluding hydrogens is 272 g/mol. The Bertz CT molecular complexity index is 639. The fourth-order valence-electron chi connectivity index (χ4n) is 2.66. The minimum atomic E-state index is -0.622. The third-order valence-corrected chi connectivity index (χ3v) is 3.74. The van der Waals surface area contributed by atoms with E-state index in [2.05, 4.69) is 5.16 Å². The Kier molecular flexibility index (Phi) is 3.90. The quantitative estimate of drug-likeness (QED) is 0.908. The number of aromatic nitrogens is 1. The van der Waals surface area contributed by atoms with E-state index in [0.29, 0.717) is 31.0 Å². The molecule has 1 aromatic carbocycles. The first-order valence-corrected chi connectivity index (χ1v) is 7.09. The zero-order valence-corrected chi connectivity index (χ0v) is 11.9. The summed E-state index contributed by atoms with van der Waals surface area (Å²) < 4.78 is 10.6. The van der Waals surface area contributed by atoms with E-state index < -0.39 is 6.10 Å². The summed E-state index contributed by atoms with van der Waals surface area (Å²) in [6, 6.07) is 7.46. The van der Waals surface area contributed by atoms with Crippen molar-refractivity contribution in [2.24, 2.45) is 0 Å². The van der Waals surface area contributed by atoms with Crippen LogP contribution >= 0.6 is 0 Å². The number of carbonyl (C=O) groups excluding carboxylic acids is 1. The van der Waals surface area contributed by atoms with Crippen LogP contribution in [0, 0.1) is 0 Å². The summed E-state index contributed by atoms with van der Waals surface area (Å²) in [4.78, 5) is 13.9. The number of ether oxygens (including phenoxy) is 1. The number of rotatable bonds is 4. The van der Waals surface area contributed by atoms with Crippen LogP contribution < -0.4 is 0 Å². The van der Waals surface area contributed by atoms with Crippen LogP contribution in [0.3, 0.4) is 0 Å². The van der Waals surface area contributed by atoms with E-state index in [1.54, 1.807) is 4.90 Å². The molecule has 0 bridgehead atoms. The molecule has 1 N–H and O–H groups in total. The molecule has 112 valence electrons. The van der Waals surface area contributed by atoms with Crippen LogP contribution in [-0.4, -0.2) is 53.0 Å². The fraction of sp³-hybridized carbons (Fsp3) is 0.467. The van der Waals surface area contributed by atoms with Gasteiger partial charge in [-0.2, -0.15) is 0 Å². The number of fused-ring (bicyclic) bond motifs is 1. The Morgan fingerprint density at radius 2 is 2.29 bits per heavy atom. The lowest BCUT2D eigenvalue weighted by Gasteiger charge is -2.15. The highest BCUT2D eigenvalue weighted by Crippen LogP contribution is 2.20. The summed E-state index contributed by atoms with van der Waals surface area (Å²) in [6.45, 7) is 3.12. The summed E-state index contributed by atoms with van der Waals surface area (Å²) >= 11 is 0. The van der Waals surface area contributed by atoms with Crippen molar-refractivity contribution in [2.75, 3.05) is 19.7 Å². The summed E-state index contributed by atoms with van der Waals surface area (Å²) in [7, 11) is 0. The normalized spacial score (nSPS) is 22.1. The molecule has 6 heteroatoms. The Morgan fingerprint density at radius 3 is 3.10 bits per heavy atom. The molecule has 2 heterocycles. The van der Waals surface area contributed by atoms with Crippen molar-refractivity contribution in [1.29, 1.82) is 0 Å². The Morgan fingerprint density at radius 1 is 1.48 bits per heavy atom. The van der Waals surface area contributed by atoms with Crippen LogP contribution in [0.25, 0.3) is 11.0 Å².